The Labute approximate surface area is 124 Å². The van der Waals surface area contributed by atoms with E-state index in [1.807, 2.05) is 23.7 Å². The maximum atomic E-state index is 6.27. The van der Waals surface area contributed by atoms with Gasteiger partial charge < -0.3 is 5.73 Å². The van der Waals surface area contributed by atoms with Crippen LogP contribution in [0.4, 0.5) is 0 Å². The van der Waals surface area contributed by atoms with Gasteiger partial charge in [0.05, 0.1) is 32.5 Å². The molecular weight excluding hydrogens is 337 g/mol. The maximum Gasteiger partial charge on any atom is 0.0749 e. The molecule has 0 radical (unpaired) electrons. The second-order valence-corrected chi connectivity index (χ2v) is 5.45. The summed E-state index contributed by atoms with van der Waals surface area (Å²) in [5, 5.41) is 5.24. The first-order chi connectivity index (χ1) is 8.56. The summed E-state index contributed by atoms with van der Waals surface area (Å²) in [7, 11) is 0. The van der Waals surface area contributed by atoms with Crippen LogP contribution < -0.4 is 5.73 Å². The zero-order chi connectivity index (χ0) is 13.3. The third-order valence-electron chi connectivity index (χ3n) is 2.74. The van der Waals surface area contributed by atoms with Gasteiger partial charge in [-0.25, -0.2) is 0 Å². The summed E-state index contributed by atoms with van der Waals surface area (Å²) < 4.78 is 2.71. The SMILES string of the molecule is CCn1ncc(Br)c1C(N)c1cccc(Cl)c1Cl. The van der Waals surface area contributed by atoms with Crippen molar-refractivity contribution in [2.45, 2.75) is 19.5 Å². The van der Waals surface area contributed by atoms with E-state index in [0.29, 0.717) is 10.0 Å². The minimum Gasteiger partial charge on any atom is -0.319 e. The van der Waals surface area contributed by atoms with Crippen LogP contribution in [0.5, 0.6) is 0 Å². The van der Waals surface area contributed by atoms with Crippen molar-refractivity contribution < 1.29 is 0 Å². The number of halogens is 3. The molecule has 18 heavy (non-hydrogen) atoms. The summed E-state index contributed by atoms with van der Waals surface area (Å²) in [5.74, 6) is 0. The third-order valence-corrected chi connectivity index (χ3v) is 4.19. The topological polar surface area (TPSA) is 43.8 Å². The van der Waals surface area contributed by atoms with E-state index in [4.69, 9.17) is 28.9 Å². The summed E-state index contributed by atoms with van der Waals surface area (Å²) in [6, 6.07) is 5.09. The van der Waals surface area contributed by atoms with Gasteiger partial charge in [-0.05, 0) is 34.5 Å². The van der Waals surface area contributed by atoms with Crippen LogP contribution in [0, 0.1) is 0 Å². The Balaban J connectivity index is 2.51. The van der Waals surface area contributed by atoms with Crippen molar-refractivity contribution in [3.05, 3.63) is 50.2 Å². The molecule has 6 heteroatoms. The molecule has 1 heterocycles. The van der Waals surface area contributed by atoms with Crippen LogP contribution in [0.15, 0.2) is 28.9 Å². The van der Waals surface area contributed by atoms with Crippen LogP contribution in [0.2, 0.25) is 10.0 Å². The first kappa shape index (κ1) is 13.9. The fourth-order valence-electron chi connectivity index (χ4n) is 1.84. The van der Waals surface area contributed by atoms with Gasteiger partial charge in [0, 0.05) is 6.54 Å². The largest absolute Gasteiger partial charge is 0.319 e. The average molecular weight is 349 g/mol. The molecule has 0 aliphatic heterocycles. The minimum atomic E-state index is -0.368. The molecule has 1 unspecified atom stereocenters. The van der Waals surface area contributed by atoms with E-state index in [1.165, 1.54) is 0 Å². The summed E-state index contributed by atoms with van der Waals surface area (Å²) >= 11 is 15.7. The van der Waals surface area contributed by atoms with Crippen molar-refractivity contribution in [3.8, 4) is 0 Å². The lowest BCUT2D eigenvalue weighted by atomic mass is 10.0. The number of nitrogens with two attached hydrogens (primary N) is 1. The predicted molar refractivity (Wildman–Crippen MR) is 78.1 cm³/mol. The molecule has 2 N–H and O–H groups in total. The Bertz CT molecular complexity index is 568. The minimum absolute atomic E-state index is 0.368. The molecule has 96 valence electrons. The molecule has 0 spiro atoms. The Kier molecular flexibility index (Phi) is 4.33. The van der Waals surface area contributed by atoms with E-state index in [-0.39, 0.29) is 6.04 Å². The lowest BCUT2D eigenvalue weighted by Gasteiger charge is -2.16. The van der Waals surface area contributed by atoms with Gasteiger partial charge in [-0.15, -0.1) is 0 Å². The van der Waals surface area contributed by atoms with Gasteiger partial charge in [-0.2, -0.15) is 5.10 Å². The Hall–Kier alpha value is -0.550. The van der Waals surface area contributed by atoms with E-state index in [9.17, 15) is 0 Å². The summed E-state index contributed by atoms with van der Waals surface area (Å²) in [6.45, 7) is 2.75. The van der Waals surface area contributed by atoms with Crippen molar-refractivity contribution in [2.24, 2.45) is 5.73 Å². The van der Waals surface area contributed by atoms with Gasteiger partial charge >= 0.3 is 0 Å². The van der Waals surface area contributed by atoms with E-state index < -0.39 is 0 Å². The summed E-state index contributed by atoms with van der Waals surface area (Å²) in [4.78, 5) is 0. The smallest absolute Gasteiger partial charge is 0.0749 e. The molecule has 0 bridgehead atoms. The zero-order valence-corrected chi connectivity index (χ0v) is 12.8. The number of aromatic nitrogens is 2. The Morgan fingerprint density at radius 2 is 2.17 bits per heavy atom. The van der Waals surface area contributed by atoms with Gasteiger partial charge in [0.15, 0.2) is 0 Å². The van der Waals surface area contributed by atoms with Gasteiger partial charge in [0.2, 0.25) is 0 Å². The van der Waals surface area contributed by atoms with Crippen LogP contribution in [-0.2, 0) is 6.54 Å². The fourth-order valence-corrected chi connectivity index (χ4v) is 2.81. The molecule has 0 aliphatic carbocycles. The fraction of sp³-hybridized carbons (Fsp3) is 0.250. The van der Waals surface area contributed by atoms with Crippen LogP contribution >= 0.6 is 39.1 Å². The molecule has 3 nitrogen and oxygen atoms in total. The highest BCUT2D eigenvalue weighted by atomic mass is 79.9. The summed E-state index contributed by atoms with van der Waals surface area (Å²) in [5.41, 5.74) is 7.96. The molecule has 1 aromatic carbocycles. The van der Waals surface area contributed by atoms with E-state index in [2.05, 4.69) is 21.0 Å². The lowest BCUT2D eigenvalue weighted by Crippen LogP contribution is -2.18. The second-order valence-electron chi connectivity index (χ2n) is 3.81. The number of aryl methyl sites for hydroxylation is 1. The maximum absolute atomic E-state index is 6.27. The number of benzene rings is 1. The number of rotatable bonds is 3. The Morgan fingerprint density at radius 1 is 1.44 bits per heavy atom. The molecule has 0 fully saturated rings. The third kappa shape index (κ3) is 2.43. The molecule has 1 aromatic heterocycles. The van der Waals surface area contributed by atoms with Gasteiger partial charge in [-0.1, -0.05) is 35.3 Å². The first-order valence-corrected chi connectivity index (χ1v) is 7.01. The average Bonchev–Trinajstić information content (AvgIpc) is 2.73. The second kappa shape index (κ2) is 5.61. The standard InChI is InChI=1S/C12H12BrCl2N3/c1-2-18-12(8(13)6-17-18)11(16)7-4-3-5-9(14)10(7)15/h3-6,11H,2,16H2,1H3. The van der Waals surface area contributed by atoms with Gasteiger partial charge in [0.25, 0.3) is 0 Å². The number of hydrogen-bond acceptors (Lipinski definition) is 2. The zero-order valence-electron chi connectivity index (χ0n) is 9.70. The Morgan fingerprint density at radius 3 is 2.83 bits per heavy atom. The molecular formula is C12H12BrCl2N3. The highest BCUT2D eigenvalue weighted by Crippen LogP contribution is 2.34. The van der Waals surface area contributed by atoms with Crippen molar-refractivity contribution in [1.29, 1.82) is 0 Å². The molecule has 0 amide bonds. The van der Waals surface area contributed by atoms with E-state index in [1.54, 1.807) is 12.3 Å². The lowest BCUT2D eigenvalue weighted by molar-refractivity contribution is 0.599. The molecule has 1 atom stereocenters. The molecule has 2 rings (SSSR count). The predicted octanol–water partition coefficient (Wildman–Crippen LogP) is 4.02. The quantitative estimate of drug-likeness (QED) is 0.910. The first-order valence-electron chi connectivity index (χ1n) is 5.47. The highest BCUT2D eigenvalue weighted by molar-refractivity contribution is 9.10. The monoisotopic (exact) mass is 347 g/mol. The van der Waals surface area contributed by atoms with Crippen LogP contribution in [0.1, 0.15) is 24.2 Å². The molecule has 2 aromatic rings. The number of nitrogens with zero attached hydrogens (tertiary/aromatic N) is 2. The van der Waals surface area contributed by atoms with E-state index in [0.717, 1.165) is 22.3 Å². The summed E-state index contributed by atoms with van der Waals surface area (Å²) in [6.07, 6.45) is 1.73. The van der Waals surface area contributed by atoms with Crippen molar-refractivity contribution in [2.75, 3.05) is 0 Å². The molecule has 0 aliphatic rings. The van der Waals surface area contributed by atoms with Crippen LogP contribution in [0.25, 0.3) is 0 Å². The van der Waals surface area contributed by atoms with Crippen molar-refractivity contribution >= 4 is 39.1 Å². The van der Waals surface area contributed by atoms with Crippen LogP contribution in [0.3, 0.4) is 0 Å². The number of hydrogen-bond donors (Lipinski definition) is 1. The molecule has 0 saturated carbocycles. The van der Waals surface area contributed by atoms with Crippen molar-refractivity contribution in [1.82, 2.24) is 9.78 Å². The normalized spacial score (nSPS) is 12.7. The van der Waals surface area contributed by atoms with Gasteiger partial charge in [-0.3, -0.25) is 4.68 Å². The van der Waals surface area contributed by atoms with Gasteiger partial charge in [0.1, 0.15) is 0 Å². The van der Waals surface area contributed by atoms with E-state index >= 15 is 0 Å². The highest BCUT2D eigenvalue weighted by Gasteiger charge is 2.20. The van der Waals surface area contributed by atoms with Crippen molar-refractivity contribution in [3.63, 3.8) is 0 Å². The molecule has 0 saturated heterocycles. The van der Waals surface area contributed by atoms with Crippen LogP contribution in [-0.4, -0.2) is 9.78 Å².